The van der Waals surface area contributed by atoms with Crippen molar-refractivity contribution in [1.29, 1.82) is 0 Å². The van der Waals surface area contributed by atoms with Gasteiger partial charge in [0.15, 0.2) is 12.4 Å². The molecule has 0 bridgehead atoms. The van der Waals surface area contributed by atoms with E-state index >= 15 is 0 Å². The second-order valence-electron chi connectivity index (χ2n) is 5.83. The number of hydrogen-bond donors (Lipinski definition) is 1. The van der Waals surface area contributed by atoms with Crippen molar-refractivity contribution in [3.63, 3.8) is 0 Å². The second-order valence-corrected chi connectivity index (χ2v) is 5.83. The number of hydrogen-bond acceptors (Lipinski definition) is 4. The summed E-state index contributed by atoms with van der Waals surface area (Å²) in [6.45, 7) is 7.26. The molecule has 2 atom stereocenters. The first-order valence-corrected chi connectivity index (χ1v) is 6.68. The van der Waals surface area contributed by atoms with Crippen LogP contribution < -0.4 is 5.32 Å². The third-order valence-electron chi connectivity index (χ3n) is 4.06. The van der Waals surface area contributed by atoms with Gasteiger partial charge in [-0.05, 0) is 25.3 Å². The van der Waals surface area contributed by atoms with Gasteiger partial charge in [-0.3, -0.25) is 4.79 Å². The van der Waals surface area contributed by atoms with Crippen molar-refractivity contribution in [2.45, 2.75) is 32.8 Å². The Morgan fingerprint density at radius 1 is 1.44 bits per heavy atom. The van der Waals surface area contributed by atoms with Gasteiger partial charge in [0.2, 0.25) is 0 Å². The monoisotopic (exact) mass is 254 g/mol. The molecule has 5 heteroatoms. The second kappa shape index (κ2) is 5.26. The lowest BCUT2D eigenvalue weighted by molar-refractivity contribution is -0.117. The molecule has 2 aliphatic rings. The zero-order valence-corrected chi connectivity index (χ0v) is 11.1. The SMILES string of the molecule is CC(C)C(C=O)OC(=O)N1CCC2(CCNC2)C1. The standard InChI is InChI=1S/C13H22N2O3/c1-10(2)11(7-16)18-12(17)15-6-4-13(9-15)3-5-14-8-13/h7,10-11,14H,3-6,8-9H2,1-2H3. The Morgan fingerprint density at radius 3 is 2.78 bits per heavy atom. The zero-order valence-electron chi connectivity index (χ0n) is 11.1. The molecule has 2 unspecified atom stereocenters. The predicted molar refractivity (Wildman–Crippen MR) is 67.3 cm³/mol. The van der Waals surface area contributed by atoms with E-state index in [0.717, 1.165) is 39.0 Å². The van der Waals surface area contributed by atoms with Crippen molar-refractivity contribution in [3.8, 4) is 0 Å². The van der Waals surface area contributed by atoms with E-state index in [1.54, 1.807) is 4.90 Å². The highest BCUT2D eigenvalue weighted by Gasteiger charge is 2.42. The van der Waals surface area contributed by atoms with Gasteiger partial charge in [-0.25, -0.2) is 4.79 Å². The highest BCUT2D eigenvalue weighted by Crippen LogP contribution is 2.36. The van der Waals surface area contributed by atoms with Crippen molar-refractivity contribution >= 4 is 12.4 Å². The van der Waals surface area contributed by atoms with E-state index in [0.29, 0.717) is 6.29 Å². The molecule has 18 heavy (non-hydrogen) atoms. The van der Waals surface area contributed by atoms with E-state index in [1.165, 1.54) is 0 Å². The van der Waals surface area contributed by atoms with Gasteiger partial charge in [-0.2, -0.15) is 0 Å². The molecule has 2 saturated heterocycles. The molecular formula is C13H22N2O3. The summed E-state index contributed by atoms with van der Waals surface area (Å²) in [5.41, 5.74) is 0.244. The van der Waals surface area contributed by atoms with E-state index in [9.17, 15) is 9.59 Å². The number of nitrogens with one attached hydrogen (secondary N) is 1. The highest BCUT2D eigenvalue weighted by molar-refractivity contribution is 5.71. The van der Waals surface area contributed by atoms with Crippen molar-refractivity contribution in [3.05, 3.63) is 0 Å². The van der Waals surface area contributed by atoms with Crippen LogP contribution in [0.2, 0.25) is 0 Å². The molecule has 2 fully saturated rings. The quantitative estimate of drug-likeness (QED) is 0.764. The summed E-state index contributed by atoms with van der Waals surface area (Å²) in [6.07, 6.45) is 1.90. The number of ether oxygens (including phenoxy) is 1. The van der Waals surface area contributed by atoms with E-state index in [1.807, 2.05) is 13.8 Å². The summed E-state index contributed by atoms with van der Waals surface area (Å²) in [4.78, 5) is 24.6. The first-order valence-electron chi connectivity index (χ1n) is 6.68. The van der Waals surface area contributed by atoms with E-state index in [-0.39, 0.29) is 17.4 Å². The van der Waals surface area contributed by atoms with E-state index < -0.39 is 6.10 Å². The van der Waals surface area contributed by atoms with Crippen molar-refractivity contribution in [2.24, 2.45) is 11.3 Å². The Labute approximate surface area is 108 Å². The predicted octanol–water partition coefficient (Wildman–Crippen LogP) is 1.03. The molecule has 0 saturated carbocycles. The minimum atomic E-state index is -0.629. The first kappa shape index (κ1) is 13.3. The molecule has 1 N–H and O–H groups in total. The minimum absolute atomic E-state index is 0.0242. The molecule has 2 heterocycles. The van der Waals surface area contributed by atoms with Crippen LogP contribution in [0.15, 0.2) is 0 Å². The van der Waals surface area contributed by atoms with Crippen molar-refractivity contribution < 1.29 is 14.3 Å². The van der Waals surface area contributed by atoms with Crippen LogP contribution in [-0.4, -0.2) is 49.6 Å². The summed E-state index contributed by atoms with van der Waals surface area (Å²) < 4.78 is 5.25. The van der Waals surface area contributed by atoms with E-state index in [2.05, 4.69) is 5.32 Å². The molecule has 0 aromatic heterocycles. The van der Waals surface area contributed by atoms with Crippen LogP contribution in [0.3, 0.4) is 0 Å². The summed E-state index contributed by atoms with van der Waals surface area (Å²) in [6, 6.07) is 0. The highest BCUT2D eigenvalue weighted by atomic mass is 16.6. The molecule has 0 radical (unpaired) electrons. The molecule has 1 spiro atoms. The molecule has 2 aliphatic heterocycles. The van der Waals surface area contributed by atoms with Gasteiger partial charge in [0.1, 0.15) is 0 Å². The Morgan fingerprint density at radius 2 is 2.22 bits per heavy atom. The number of amides is 1. The van der Waals surface area contributed by atoms with Crippen LogP contribution in [0, 0.1) is 11.3 Å². The van der Waals surface area contributed by atoms with Gasteiger partial charge in [-0.15, -0.1) is 0 Å². The minimum Gasteiger partial charge on any atom is -0.438 e. The molecule has 1 amide bonds. The van der Waals surface area contributed by atoms with Gasteiger partial charge in [0, 0.05) is 25.0 Å². The maximum absolute atomic E-state index is 12.0. The van der Waals surface area contributed by atoms with Crippen LogP contribution in [0.1, 0.15) is 26.7 Å². The van der Waals surface area contributed by atoms with Crippen LogP contribution in [0.25, 0.3) is 0 Å². The first-order chi connectivity index (χ1) is 8.56. The fourth-order valence-corrected chi connectivity index (χ4v) is 2.75. The van der Waals surface area contributed by atoms with Crippen LogP contribution in [0.4, 0.5) is 4.79 Å². The summed E-state index contributed by atoms with van der Waals surface area (Å²) in [7, 11) is 0. The number of likely N-dealkylation sites (tertiary alicyclic amines) is 1. The summed E-state index contributed by atoms with van der Waals surface area (Å²) >= 11 is 0. The number of aldehydes is 1. The average molecular weight is 254 g/mol. The van der Waals surface area contributed by atoms with Gasteiger partial charge in [0.25, 0.3) is 0 Å². The Balaban J connectivity index is 1.89. The lowest BCUT2D eigenvalue weighted by Gasteiger charge is -2.24. The van der Waals surface area contributed by atoms with E-state index in [4.69, 9.17) is 4.74 Å². The Bertz CT molecular complexity index is 324. The molecule has 5 nitrogen and oxygen atoms in total. The molecule has 2 rings (SSSR count). The number of carbonyl (C=O) groups is 2. The fraction of sp³-hybridized carbons (Fsp3) is 0.846. The lowest BCUT2D eigenvalue weighted by atomic mass is 9.87. The molecule has 0 aromatic carbocycles. The summed E-state index contributed by atoms with van der Waals surface area (Å²) in [5.74, 6) is 0.0242. The van der Waals surface area contributed by atoms with Crippen LogP contribution in [0.5, 0.6) is 0 Å². The van der Waals surface area contributed by atoms with Crippen molar-refractivity contribution in [1.82, 2.24) is 10.2 Å². The van der Waals surface area contributed by atoms with Gasteiger partial charge in [-0.1, -0.05) is 13.8 Å². The largest absolute Gasteiger partial charge is 0.438 e. The Kier molecular flexibility index (Phi) is 3.90. The average Bonchev–Trinajstić information content (AvgIpc) is 2.96. The summed E-state index contributed by atoms with van der Waals surface area (Å²) in [5, 5.41) is 3.35. The van der Waals surface area contributed by atoms with Crippen LogP contribution in [-0.2, 0) is 9.53 Å². The maximum Gasteiger partial charge on any atom is 0.410 e. The lowest BCUT2D eigenvalue weighted by Crippen LogP contribution is -2.37. The number of rotatable bonds is 3. The third kappa shape index (κ3) is 2.66. The van der Waals surface area contributed by atoms with Crippen LogP contribution >= 0.6 is 0 Å². The molecule has 102 valence electrons. The number of carbonyl (C=O) groups excluding carboxylic acids is 2. The van der Waals surface area contributed by atoms with Gasteiger partial charge in [0.05, 0.1) is 0 Å². The smallest absolute Gasteiger partial charge is 0.410 e. The fourth-order valence-electron chi connectivity index (χ4n) is 2.75. The molecular weight excluding hydrogens is 232 g/mol. The number of nitrogens with zero attached hydrogens (tertiary/aromatic N) is 1. The normalized spacial score (nSPS) is 28.9. The van der Waals surface area contributed by atoms with Gasteiger partial charge >= 0.3 is 6.09 Å². The Hall–Kier alpha value is -1.10. The molecule has 0 aromatic rings. The topological polar surface area (TPSA) is 58.6 Å². The zero-order chi connectivity index (χ0) is 13.2. The maximum atomic E-state index is 12.0. The van der Waals surface area contributed by atoms with Gasteiger partial charge < -0.3 is 15.0 Å². The third-order valence-corrected chi connectivity index (χ3v) is 4.06. The molecule has 0 aliphatic carbocycles. The van der Waals surface area contributed by atoms with Crippen molar-refractivity contribution in [2.75, 3.05) is 26.2 Å².